The zero-order chi connectivity index (χ0) is 42.7. The first-order valence-corrected chi connectivity index (χ1v) is 20.9. The van der Waals surface area contributed by atoms with Crippen molar-refractivity contribution < 1.29 is 33.6 Å². The molecule has 1 saturated heterocycles. The summed E-state index contributed by atoms with van der Waals surface area (Å²) in [6.45, 7) is 1.67. The molecule has 59 heavy (non-hydrogen) atoms. The number of H-pyrrole nitrogens is 1. The van der Waals surface area contributed by atoms with Crippen LogP contribution in [0.25, 0.3) is 10.9 Å². The van der Waals surface area contributed by atoms with Crippen LogP contribution >= 0.6 is 0 Å². The summed E-state index contributed by atoms with van der Waals surface area (Å²) in [5, 5.41) is 28.0. The molecule has 0 bridgehead atoms. The predicted octanol–water partition coefficient (Wildman–Crippen LogP) is 0.209. The summed E-state index contributed by atoms with van der Waals surface area (Å²) in [5.41, 5.74) is 7.17. The Morgan fingerprint density at radius 1 is 0.847 bits per heavy atom. The zero-order valence-electron chi connectivity index (χ0n) is 34.3. The summed E-state index contributed by atoms with van der Waals surface area (Å²) >= 11 is 0. The van der Waals surface area contributed by atoms with E-state index in [0.717, 1.165) is 42.1 Å². The van der Waals surface area contributed by atoms with Gasteiger partial charge in [-0.3, -0.25) is 34.2 Å². The highest BCUT2D eigenvalue weighted by Gasteiger charge is 2.34. The molecule has 0 spiro atoms. The van der Waals surface area contributed by atoms with Gasteiger partial charge in [0.15, 0.2) is 5.96 Å². The Labute approximate surface area is 345 Å². The number of para-hydroxylation sites is 1. The van der Waals surface area contributed by atoms with Gasteiger partial charge in [0.05, 0.1) is 18.6 Å². The van der Waals surface area contributed by atoms with Crippen LogP contribution in [0.2, 0.25) is 0 Å². The molecule has 1 saturated carbocycles. The lowest BCUT2D eigenvalue weighted by Crippen LogP contribution is -2.57. The summed E-state index contributed by atoms with van der Waals surface area (Å²) in [6, 6.07) is 3.51. The minimum Gasteiger partial charge on any atom is -0.370 e. The topological polar surface area (TPSA) is 273 Å². The number of likely N-dealkylation sites (tertiary alicyclic amines) is 1. The summed E-state index contributed by atoms with van der Waals surface area (Å²) in [6.07, 6.45) is 11.0. The van der Waals surface area contributed by atoms with Gasteiger partial charge >= 0.3 is 0 Å². The van der Waals surface area contributed by atoms with Gasteiger partial charge in [-0.05, 0) is 69.5 Å². The van der Waals surface area contributed by atoms with Crippen molar-refractivity contribution in [3.05, 3.63) is 36.0 Å². The number of nitrogens with two attached hydrogens (primary N) is 1. The van der Waals surface area contributed by atoms with Crippen molar-refractivity contribution in [2.75, 3.05) is 33.2 Å². The molecule has 4 rings (SSSR count). The second-order valence-electron chi connectivity index (χ2n) is 15.6. The number of hydrogen-bond acceptors (Lipinski definition) is 9. The summed E-state index contributed by atoms with van der Waals surface area (Å²) in [7, 11) is 1.74. The highest BCUT2D eigenvalue weighted by molar-refractivity contribution is 5.94. The largest absolute Gasteiger partial charge is 0.370 e. The first-order valence-electron chi connectivity index (χ1n) is 20.9. The monoisotopic (exact) mass is 821 g/mol. The van der Waals surface area contributed by atoms with Crippen molar-refractivity contribution in [3.63, 3.8) is 0 Å². The molecule has 324 valence electrons. The number of amides is 6. The fourth-order valence-corrected chi connectivity index (χ4v) is 7.94. The van der Waals surface area contributed by atoms with Crippen LogP contribution in [0.1, 0.15) is 89.5 Å². The van der Waals surface area contributed by atoms with Gasteiger partial charge in [0.1, 0.15) is 24.4 Å². The standard InChI is InChI=1S/C41H63N11O7/c1-26(54)47-24-36(55)49-33(40(59)52-20-10-13-29(52)25-53)17-9-18-45-37(56)32(16-8-19-46-41(42)43)50-39(58)35(22-28-23-48-31-15-7-6-14-30(28)31)51-38(57)34(44-2)21-27-11-4-3-5-12-27/h6-7,14-15,23,25,27,29,32-35,44,48H,3-5,8-13,16-22,24H2,1-2H3,(H,45,56)(H,47,54)(H,49,55)(H,50,58)(H,51,57)(H4,42,43,46)/t29?,32?,33-,34+,35?/m0/s1. The lowest BCUT2D eigenvalue weighted by atomic mass is 9.84. The number of hydrogen-bond donors (Lipinski definition) is 10. The van der Waals surface area contributed by atoms with Crippen LogP contribution in [0.4, 0.5) is 0 Å². The second-order valence-corrected chi connectivity index (χ2v) is 15.6. The molecule has 1 aliphatic carbocycles. The summed E-state index contributed by atoms with van der Waals surface area (Å²) in [4.78, 5) is 95.6. The second kappa shape index (κ2) is 23.8. The molecule has 6 amide bonds. The van der Waals surface area contributed by atoms with Gasteiger partial charge in [-0.25, -0.2) is 0 Å². The van der Waals surface area contributed by atoms with Gasteiger partial charge in [-0.1, -0.05) is 50.3 Å². The molecule has 1 aromatic carbocycles. The normalized spacial score (nSPS) is 17.5. The van der Waals surface area contributed by atoms with Gasteiger partial charge in [0, 0.05) is 50.1 Å². The minimum atomic E-state index is -1.03. The van der Waals surface area contributed by atoms with Crippen LogP contribution in [0.3, 0.4) is 0 Å². The number of aldehydes is 1. The fourth-order valence-electron chi connectivity index (χ4n) is 7.94. The summed E-state index contributed by atoms with van der Waals surface area (Å²) in [5.74, 6) is -2.57. The van der Waals surface area contributed by atoms with Gasteiger partial charge < -0.3 is 57.6 Å². The SMILES string of the molecule is CN[C@H](CC1CCCCC1)C(=O)NC(Cc1c[nH]c2ccccc12)C(=O)NC(CCCNC(=N)N)C(=O)NCCC[C@H](NC(=O)CNC(C)=O)C(=O)N1CCCC1C=O. The third kappa shape index (κ3) is 14.7. The summed E-state index contributed by atoms with van der Waals surface area (Å²) < 4.78 is 0. The Balaban J connectivity index is 1.46. The van der Waals surface area contributed by atoms with Crippen molar-refractivity contribution >= 4 is 58.6 Å². The van der Waals surface area contributed by atoms with E-state index in [4.69, 9.17) is 11.1 Å². The smallest absolute Gasteiger partial charge is 0.245 e. The first-order chi connectivity index (χ1) is 28.4. The maximum atomic E-state index is 14.2. The Hall–Kier alpha value is -5.52. The molecular formula is C41H63N11O7. The number of benzene rings is 1. The maximum absolute atomic E-state index is 14.2. The molecule has 2 aliphatic rings. The third-order valence-electron chi connectivity index (χ3n) is 11.1. The average molecular weight is 822 g/mol. The maximum Gasteiger partial charge on any atom is 0.245 e. The Bertz CT molecular complexity index is 1760. The van der Waals surface area contributed by atoms with Crippen molar-refractivity contribution in [1.82, 2.24) is 47.1 Å². The number of carbonyl (C=O) groups is 7. The quantitative estimate of drug-likeness (QED) is 0.0315. The molecule has 18 nitrogen and oxygen atoms in total. The molecule has 2 heterocycles. The van der Waals surface area contributed by atoms with Crippen LogP contribution in [-0.4, -0.2) is 121 Å². The number of aromatic amines is 1. The molecule has 1 aromatic heterocycles. The van der Waals surface area contributed by atoms with Crippen molar-refractivity contribution in [2.45, 2.75) is 121 Å². The van der Waals surface area contributed by atoms with Crippen LogP contribution in [0.15, 0.2) is 30.5 Å². The molecule has 1 aliphatic heterocycles. The van der Waals surface area contributed by atoms with Crippen molar-refractivity contribution in [3.8, 4) is 0 Å². The van der Waals surface area contributed by atoms with Crippen molar-refractivity contribution in [2.24, 2.45) is 11.7 Å². The first kappa shape index (κ1) is 46.2. The number of likely N-dealkylation sites (N-methyl/N-ethyl adjacent to an activating group) is 1. The lowest BCUT2D eigenvalue weighted by molar-refractivity contribution is -0.138. The fraction of sp³-hybridized carbons (Fsp3) is 0.610. The average Bonchev–Trinajstić information content (AvgIpc) is 3.88. The number of nitrogens with zero attached hydrogens (tertiary/aromatic N) is 1. The van der Waals surface area contributed by atoms with E-state index in [1.807, 2.05) is 30.5 Å². The number of carbonyl (C=O) groups excluding carboxylic acids is 7. The van der Waals surface area contributed by atoms with Crippen LogP contribution < -0.4 is 43.0 Å². The zero-order valence-corrected chi connectivity index (χ0v) is 34.3. The number of rotatable bonds is 23. The molecule has 5 atom stereocenters. The minimum absolute atomic E-state index is 0.0832. The van der Waals surface area contributed by atoms with Crippen LogP contribution in [0.5, 0.6) is 0 Å². The molecule has 3 unspecified atom stereocenters. The predicted molar refractivity (Wildman–Crippen MR) is 223 cm³/mol. The molecule has 2 aromatic rings. The number of aromatic nitrogens is 1. The third-order valence-corrected chi connectivity index (χ3v) is 11.1. The highest BCUT2D eigenvalue weighted by atomic mass is 16.2. The lowest BCUT2D eigenvalue weighted by Gasteiger charge is -2.28. The molecular weight excluding hydrogens is 759 g/mol. The van der Waals surface area contributed by atoms with E-state index >= 15 is 0 Å². The molecule has 0 radical (unpaired) electrons. The Morgan fingerprint density at radius 3 is 2.22 bits per heavy atom. The van der Waals surface area contributed by atoms with E-state index in [9.17, 15) is 33.6 Å². The van der Waals surface area contributed by atoms with Crippen LogP contribution in [0, 0.1) is 11.3 Å². The molecule has 11 N–H and O–H groups in total. The van der Waals surface area contributed by atoms with Crippen LogP contribution in [-0.2, 0) is 40.0 Å². The van der Waals surface area contributed by atoms with E-state index in [-0.39, 0.29) is 57.2 Å². The van der Waals surface area contributed by atoms with E-state index in [2.05, 4.69) is 42.2 Å². The van der Waals surface area contributed by atoms with Crippen molar-refractivity contribution in [1.29, 1.82) is 5.41 Å². The van der Waals surface area contributed by atoms with E-state index in [1.54, 1.807) is 7.05 Å². The van der Waals surface area contributed by atoms with Gasteiger partial charge in [-0.15, -0.1) is 0 Å². The van der Waals surface area contributed by atoms with E-state index in [0.29, 0.717) is 44.4 Å². The van der Waals surface area contributed by atoms with E-state index < -0.39 is 59.7 Å². The molecule has 18 heteroatoms. The van der Waals surface area contributed by atoms with E-state index in [1.165, 1.54) is 18.2 Å². The molecule has 2 fully saturated rings. The number of nitrogens with one attached hydrogen (secondary N) is 9. The van der Waals surface area contributed by atoms with Gasteiger partial charge in [-0.2, -0.15) is 0 Å². The number of guanidine groups is 1. The Morgan fingerprint density at radius 2 is 1.53 bits per heavy atom. The number of fused-ring (bicyclic) bond motifs is 1. The van der Waals surface area contributed by atoms with Gasteiger partial charge in [0.25, 0.3) is 0 Å². The Kier molecular flexibility index (Phi) is 18.6. The van der Waals surface area contributed by atoms with Gasteiger partial charge in [0.2, 0.25) is 35.4 Å². The highest BCUT2D eigenvalue weighted by Crippen LogP contribution is 2.27.